The number of methoxy groups -OCH3 is 1. The number of hydrogen-bond donors (Lipinski definition) is 2. The zero-order valence-corrected chi connectivity index (χ0v) is 16.5. The minimum atomic E-state index is -0.682. The third-order valence-electron chi connectivity index (χ3n) is 4.72. The Morgan fingerprint density at radius 2 is 2.06 bits per heavy atom. The van der Waals surface area contributed by atoms with E-state index >= 15 is 0 Å². The molecule has 0 atom stereocenters. The summed E-state index contributed by atoms with van der Waals surface area (Å²) in [4.78, 5) is 16.8. The highest BCUT2D eigenvalue weighted by atomic mass is 19.1. The lowest BCUT2D eigenvalue weighted by atomic mass is 10.1. The standard InChI is InChI=1S/C23H18F2N4O2/c1-31-22-17(23(30)27-13-14-3-2-10-26-12-14)7-9-20-21(22)19(28-29-20)8-5-15-4-6-16(24)11-18(15)25/h2-12H,13H2,1H3,(H,27,30)(H,28,29). The number of halogens is 2. The van der Waals surface area contributed by atoms with Gasteiger partial charge in [-0.2, -0.15) is 5.10 Å². The predicted octanol–water partition coefficient (Wildman–Crippen LogP) is 4.35. The lowest BCUT2D eigenvalue weighted by molar-refractivity contribution is 0.0948. The molecule has 2 aromatic heterocycles. The van der Waals surface area contributed by atoms with Crippen molar-refractivity contribution in [3.63, 3.8) is 0 Å². The van der Waals surface area contributed by atoms with Crippen LogP contribution < -0.4 is 10.1 Å². The van der Waals surface area contributed by atoms with Crippen LogP contribution in [0.1, 0.15) is 27.2 Å². The van der Waals surface area contributed by atoms with Crippen molar-refractivity contribution in [2.24, 2.45) is 0 Å². The second-order valence-corrected chi connectivity index (χ2v) is 6.72. The smallest absolute Gasteiger partial charge is 0.255 e. The van der Waals surface area contributed by atoms with Crippen molar-refractivity contribution in [1.82, 2.24) is 20.5 Å². The summed E-state index contributed by atoms with van der Waals surface area (Å²) in [5, 5.41) is 10.5. The fourth-order valence-corrected chi connectivity index (χ4v) is 3.20. The van der Waals surface area contributed by atoms with Crippen molar-refractivity contribution in [3.8, 4) is 5.75 Å². The summed E-state index contributed by atoms with van der Waals surface area (Å²) < 4.78 is 32.6. The van der Waals surface area contributed by atoms with Crippen LogP contribution in [0.3, 0.4) is 0 Å². The van der Waals surface area contributed by atoms with Crippen LogP contribution in [0.5, 0.6) is 5.75 Å². The van der Waals surface area contributed by atoms with Crippen LogP contribution in [0.25, 0.3) is 23.1 Å². The van der Waals surface area contributed by atoms with Crippen molar-refractivity contribution in [2.75, 3.05) is 7.11 Å². The normalized spacial score (nSPS) is 11.2. The Hall–Kier alpha value is -4.07. The van der Waals surface area contributed by atoms with Crippen LogP contribution in [0.2, 0.25) is 0 Å². The van der Waals surface area contributed by atoms with E-state index in [1.807, 2.05) is 6.07 Å². The van der Waals surface area contributed by atoms with Crippen LogP contribution in [0, 0.1) is 11.6 Å². The number of benzene rings is 2. The van der Waals surface area contributed by atoms with Gasteiger partial charge in [0.05, 0.1) is 29.3 Å². The minimum absolute atomic E-state index is 0.210. The minimum Gasteiger partial charge on any atom is -0.495 e. The van der Waals surface area contributed by atoms with E-state index in [1.165, 1.54) is 25.3 Å². The Morgan fingerprint density at radius 1 is 1.19 bits per heavy atom. The number of hydrogen-bond acceptors (Lipinski definition) is 4. The average molecular weight is 420 g/mol. The fourth-order valence-electron chi connectivity index (χ4n) is 3.20. The molecule has 0 aliphatic heterocycles. The highest BCUT2D eigenvalue weighted by Gasteiger charge is 2.19. The van der Waals surface area contributed by atoms with Gasteiger partial charge in [0.2, 0.25) is 0 Å². The van der Waals surface area contributed by atoms with E-state index < -0.39 is 11.6 Å². The van der Waals surface area contributed by atoms with E-state index in [0.717, 1.165) is 11.6 Å². The maximum atomic E-state index is 13.9. The molecule has 0 saturated carbocycles. The molecule has 0 bridgehead atoms. The number of ether oxygens (including phenoxy) is 1. The number of carbonyl (C=O) groups is 1. The first-order valence-electron chi connectivity index (χ1n) is 9.42. The van der Waals surface area contributed by atoms with Crippen molar-refractivity contribution in [2.45, 2.75) is 6.54 Å². The van der Waals surface area contributed by atoms with Crippen LogP contribution in [0.4, 0.5) is 8.78 Å². The molecule has 0 aliphatic carbocycles. The summed E-state index contributed by atoms with van der Waals surface area (Å²) in [6, 6.07) is 10.4. The molecule has 2 heterocycles. The highest BCUT2D eigenvalue weighted by Crippen LogP contribution is 2.32. The third kappa shape index (κ3) is 4.28. The number of fused-ring (bicyclic) bond motifs is 1. The lowest BCUT2D eigenvalue weighted by Crippen LogP contribution is -2.23. The molecule has 1 amide bonds. The molecule has 2 aromatic carbocycles. The SMILES string of the molecule is COc1c(C(=O)NCc2cccnc2)ccc2[nH]nc(C=Cc3ccc(F)cc3F)c12. The first kappa shape index (κ1) is 20.2. The monoisotopic (exact) mass is 420 g/mol. The van der Waals surface area contributed by atoms with Crippen molar-refractivity contribution in [3.05, 3.63) is 88.9 Å². The van der Waals surface area contributed by atoms with Crippen LogP contribution in [0.15, 0.2) is 54.9 Å². The topological polar surface area (TPSA) is 79.9 Å². The molecule has 0 spiro atoms. The van der Waals surface area contributed by atoms with Crippen molar-refractivity contribution < 1.29 is 18.3 Å². The van der Waals surface area contributed by atoms with E-state index in [-0.39, 0.29) is 11.5 Å². The van der Waals surface area contributed by atoms with Gasteiger partial charge in [-0.15, -0.1) is 0 Å². The molecule has 0 aliphatic rings. The van der Waals surface area contributed by atoms with E-state index in [4.69, 9.17) is 4.74 Å². The fraction of sp³-hybridized carbons (Fsp3) is 0.0870. The quantitative estimate of drug-likeness (QED) is 0.486. The number of carbonyl (C=O) groups excluding carboxylic acids is 1. The molecule has 0 fully saturated rings. The molecule has 8 heteroatoms. The van der Waals surface area contributed by atoms with Gasteiger partial charge >= 0.3 is 0 Å². The Labute approximate surface area is 176 Å². The molecule has 0 saturated heterocycles. The maximum Gasteiger partial charge on any atom is 0.255 e. The molecule has 31 heavy (non-hydrogen) atoms. The van der Waals surface area contributed by atoms with Crippen LogP contribution in [-0.4, -0.2) is 28.2 Å². The second-order valence-electron chi connectivity index (χ2n) is 6.72. The number of aromatic nitrogens is 3. The Balaban J connectivity index is 1.66. The van der Waals surface area contributed by atoms with Gasteiger partial charge < -0.3 is 10.1 Å². The van der Waals surface area contributed by atoms with Gasteiger partial charge in [-0.05, 0) is 48.0 Å². The number of aromatic amines is 1. The van der Waals surface area contributed by atoms with Gasteiger partial charge in [-0.1, -0.05) is 6.07 Å². The van der Waals surface area contributed by atoms with Crippen molar-refractivity contribution in [1.29, 1.82) is 0 Å². The van der Waals surface area contributed by atoms with Gasteiger partial charge in [-0.3, -0.25) is 14.9 Å². The number of nitrogens with zero attached hydrogens (tertiary/aromatic N) is 2. The van der Waals surface area contributed by atoms with Gasteiger partial charge in [0.1, 0.15) is 17.4 Å². The highest BCUT2D eigenvalue weighted by molar-refractivity contribution is 6.05. The summed E-state index contributed by atoms with van der Waals surface area (Å²) in [6.07, 6.45) is 6.40. The van der Waals surface area contributed by atoms with E-state index in [0.29, 0.717) is 34.5 Å². The zero-order chi connectivity index (χ0) is 21.8. The first-order chi connectivity index (χ1) is 15.1. The number of nitrogens with one attached hydrogen (secondary N) is 2. The molecular formula is C23H18F2N4O2. The summed E-state index contributed by atoms with van der Waals surface area (Å²) in [7, 11) is 1.47. The molecule has 6 nitrogen and oxygen atoms in total. The third-order valence-corrected chi connectivity index (χ3v) is 4.72. The second kappa shape index (κ2) is 8.74. The summed E-state index contributed by atoms with van der Waals surface area (Å²) >= 11 is 0. The van der Waals surface area contributed by atoms with Crippen molar-refractivity contribution >= 4 is 29.0 Å². The Morgan fingerprint density at radius 3 is 2.81 bits per heavy atom. The number of rotatable bonds is 6. The van der Waals surface area contributed by atoms with Gasteiger partial charge in [0, 0.05) is 30.6 Å². The predicted molar refractivity (Wildman–Crippen MR) is 113 cm³/mol. The summed E-state index contributed by atoms with van der Waals surface area (Å²) in [5.74, 6) is -1.31. The molecular weight excluding hydrogens is 402 g/mol. The zero-order valence-electron chi connectivity index (χ0n) is 16.5. The number of pyridine rings is 1. The molecule has 0 unspecified atom stereocenters. The molecule has 2 N–H and O–H groups in total. The molecule has 4 aromatic rings. The average Bonchev–Trinajstić information content (AvgIpc) is 3.20. The number of amides is 1. The molecule has 156 valence electrons. The summed E-state index contributed by atoms with van der Waals surface area (Å²) in [5.41, 5.74) is 2.52. The maximum absolute atomic E-state index is 13.9. The Bertz CT molecular complexity index is 1270. The van der Waals surface area contributed by atoms with Crippen LogP contribution >= 0.6 is 0 Å². The number of H-pyrrole nitrogens is 1. The van der Waals surface area contributed by atoms with Crippen LogP contribution in [-0.2, 0) is 6.54 Å². The van der Waals surface area contributed by atoms with E-state index in [2.05, 4.69) is 20.5 Å². The van der Waals surface area contributed by atoms with E-state index in [1.54, 1.807) is 36.7 Å². The first-order valence-corrected chi connectivity index (χ1v) is 9.42. The summed E-state index contributed by atoms with van der Waals surface area (Å²) in [6.45, 7) is 0.315. The lowest BCUT2D eigenvalue weighted by Gasteiger charge is -2.11. The van der Waals surface area contributed by atoms with Gasteiger partial charge in [0.15, 0.2) is 0 Å². The molecule has 4 rings (SSSR count). The van der Waals surface area contributed by atoms with Gasteiger partial charge in [-0.25, -0.2) is 8.78 Å². The molecule has 0 radical (unpaired) electrons. The van der Waals surface area contributed by atoms with Gasteiger partial charge in [0.25, 0.3) is 5.91 Å². The Kier molecular flexibility index (Phi) is 5.70. The largest absolute Gasteiger partial charge is 0.495 e. The van der Waals surface area contributed by atoms with E-state index in [9.17, 15) is 13.6 Å².